The Morgan fingerprint density at radius 2 is 1.92 bits per heavy atom. The molecule has 0 bridgehead atoms. The maximum absolute atomic E-state index is 12.4. The second kappa shape index (κ2) is 6.84. The molecule has 0 saturated carbocycles. The Hall–Kier alpha value is -3.02. The number of carbonyl (C=O) groups excluding carboxylic acids is 1. The van der Waals surface area contributed by atoms with E-state index in [1.165, 1.54) is 0 Å². The number of para-hydroxylation sites is 1. The minimum atomic E-state index is -0.912. The van der Waals surface area contributed by atoms with Crippen LogP contribution in [0.1, 0.15) is 30.6 Å². The van der Waals surface area contributed by atoms with E-state index in [-0.39, 0.29) is 12.4 Å². The molecule has 1 atom stereocenters. The zero-order valence-corrected chi connectivity index (χ0v) is 14.1. The van der Waals surface area contributed by atoms with Crippen LogP contribution in [0.4, 0.5) is 0 Å². The quantitative estimate of drug-likeness (QED) is 0.694. The maximum Gasteiger partial charge on any atom is 0.340 e. The molecule has 0 radical (unpaired) electrons. The van der Waals surface area contributed by atoms with E-state index in [1.54, 1.807) is 32.2 Å². The van der Waals surface area contributed by atoms with Crippen LogP contribution in [-0.4, -0.2) is 34.2 Å². The SMILES string of the molecule is CCOC(=O)c1c2ccccc2n2cc(OC(C)CC(=O)O)ccc12. The lowest BCUT2D eigenvalue weighted by Crippen LogP contribution is -2.16. The molecule has 0 fully saturated rings. The Labute approximate surface area is 144 Å². The number of rotatable bonds is 6. The molecule has 3 aromatic rings. The minimum Gasteiger partial charge on any atom is -0.489 e. The van der Waals surface area contributed by atoms with Crippen LogP contribution in [-0.2, 0) is 9.53 Å². The van der Waals surface area contributed by atoms with Crippen molar-refractivity contribution in [2.45, 2.75) is 26.4 Å². The number of benzene rings is 1. The second-order valence-corrected chi connectivity index (χ2v) is 5.76. The summed E-state index contributed by atoms with van der Waals surface area (Å²) in [6.07, 6.45) is 1.22. The lowest BCUT2D eigenvalue weighted by atomic mass is 10.1. The van der Waals surface area contributed by atoms with E-state index in [2.05, 4.69) is 0 Å². The third-order valence-electron chi connectivity index (χ3n) is 3.89. The van der Waals surface area contributed by atoms with Crippen molar-refractivity contribution in [1.29, 1.82) is 0 Å². The van der Waals surface area contributed by atoms with Gasteiger partial charge in [0, 0.05) is 5.39 Å². The van der Waals surface area contributed by atoms with E-state index in [0.29, 0.717) is 17.9 Å². The Morgan fingerprint density at radius 1 is 1.16 bits per heavy atom. The average Bonchev–Trinajstić information content (AvgIpc) is 2.88. The van der Waals surface area contributed by atoms with Crippen LogP contribution in [0.15, 0.2) is 42.6 Å². The summed E-state index contributed by atoms with van der Waals surface area (Å²) in [4.78, 5) is 23.2. The van der Waals surface area contributed by atoms with Gasteiger partial charge in [0.05, 0.1) is 35.8 Å². The normalized spacial score (nSPS) is 12.2. The molecule has 0 saturated heterocycles. The van der Waals surface area contributed by atoms with E-state index in [4.69, 9.17) is 14.6 Å². The van der Waals surface area contributed by atoms with Gasteiger partial charge in [-0.05, 0) is 32.0 Å². The summed E-state index contributed by atoms with van der Waals surface area (Å²) in [7, 11) is 0. The summed E-state index contributed by atoms with van der Waals surface area (Å²) in [5, 5.41) is 9.66. The first kappa shape index (κ1) is 16.8. The van der Waals surface area contributed by atoms with Gasteiger partial charge in [-0.2, -0.15) is 0 Å². The molecule has 0 spiro atoms. The molecule has 6 heteroatoms. The number of aliphatic carboxylic acids is 1. The van der Waals surface area contributed by atoms with Crippen molar-refractivity contribution in [3.63, 3.8) is 0 Å². The fourth-order valence-corrected chi connectivity index (χ4v) is 2.92. The first-order valence-electron chi connectivity index (χ1n) is 8.09. The second-order valence-electron chi connectivity index (χ2n) is 5.76. The number of aromatic nitrogens is 1. The van der Waals surface area contributed by atoms with Crippen LogP contribution in [0.3, 0.4) is 0 Å². The fraction of sp³-hybridized carbons (Fsp3) is 0.263. The molecule has 6 nitrogen and oxygen atoms in total. The van der Waals surface area contributed by atoms with Crippen molar-refractivity contribution in [3.8, 4) is 5.75 Å². The van der Waals surface area contributed by atoms with Gasteiger partial charge in [-0.15, -0.1) is 0 Å². The first-order chi connectivity index (χ1) is 12.0. The van der Waals surface area contributed by atoms with Crippen molar-refractivity contribution < 1.29 is 24.2 Å². The molecule has 2 aromatic heterocycles. The van der Waals surface area contributed by atoms with Crippen LogP contribution < -0.4 is 4.74 Å². The van der Waals surface area contributed by atoms with Gasteiger partial charge in [-0.25, -0.2) is 4.79 Å². The number of pyridine rings is 1. The number of esters is 1. The van der Waals surface area contributed by atoms with E-state index >= 15 is 0 Å². The maximum atomic E-state index is 12.4. The summed E-state index contributed by atoms with van der Waals surface area (Å²) in [6.45, 7) is 3.78. The summed E-state index contributed by atoms with van der Waals surface area (Å²) in [5.41, 5.74) is 2.09. The summed E-state index contributed by atoms with van der Waals surface area (Å²) < 4.78 is 12.7. The molecule has 1 unspecified atom stereocenters. The Bertz CT molecular complexity index is 944. The number of carbonyl (C=O) groups is 2. The number of carboxylic acids is 1. The van der Waals surface area contributed by atoms with Crippen molar-refractivity contribution in [3.05, 3.63) is 48.2 Å². The number of hydrogen-bond acceptors (Lipinski definition) is 4. The summed E-state index contributed by atoms with van der Waals surface area (Å²) >= 11 is 0. The zero-order valence-electron chi connectivity index (χ0n) is 14.1. The third-order valence-corrected chi connectivity index (χ3v) is 3.89. The van der Waals surface area contributed by atoms with E-state index in [1.807, 2.05) is 28.7 Å². The molecule has 0 amide bonds. The third kappa shape index (κ3) is 3.28. The van der Waals surface area contributed by atoms with Gasteiger partial charge in [0.1, 0.15) is 11.9 Å². The lowest BCUT2D eigenvalue weighted by molar-refractivity contribution is -0.138. The molecule has 3 rings (SSSR count). The summed E-state index contributed by atoms with van der Waals surface area (Å²) in [5.74, 6) is -0.740. The largest absolute Gasteiger partial charge is 0.489 e. The minimum absolute atomic E-state index is 0.0848. The standard InChI is InChI=1S/C19H19NO5/c1-3-24-19(23)18-14-6-4-5-7-15(14)20-11-13(8-9-16(18)20)25-12(2)10-17(21)22/h4-9,11-12H,3,10H2,1-2H3,(H,21,22). The van der Waals surface area contributed by atoms with E-state index < -0.39 is 12.1 Å². The molecule has 1 aromatic carbocycles. The first-order valence-corrected chi connectivity index (χ1v) is 8.09. The smallest absolute Gasteiger partial charge is 0.340 e. The highest BCUT2D eigenvalue weighted by Gasteiger charge is 2.19. The molecule has 0 aliphatic carbocycles. The van der Waals surface area contributed by atoms with Gasteiger partial charge in [-0.1, -0.05) is 18.2 Å². The monoisotopic (exact) mass is 341 g/mol. The Balaban J connectivity index is 2.09. The fourth-order valence-electron chi connectivity index (χ4n) is 2.92. The molecular formula is C19H19NO5. The number of fused-ring (bicyclic) bond motifs is 3. The topological polar surface area (TPSA) is 77.2 Å². The van der Waals surface area contributed by atoms with Crippen molar-refractivity contribution in [2.75, 3.05) is 6.61 Å². The van der Waals surface area contributed by atoms with Crippen molar-refractivity contribution in [1.82, 2.24) is 4.40 Å². The summed E-state index contributed by atoms with van der Waals surface area (Å²) in [6, 6.07) is 11.1. The van der Waals surface area contributed by atoms with Gasteiger partial charge in [0.2, 0.25) is 0 Å². The molecule has 1 N–H and O–H groups in total. The zero-order chi connectivity index (χ0) is 18.0. The van der Waals surface area contributed by atoms with E-state index in [0.717, 1.165) is 16.4 Å². The van der Waals surface area contributed by atoms with Crippen LogP contribution in [0.25, 0.3) is 16.4 Å². The highest BCUT2D eigenvalue weighted by atomic mass is 16.5. The number of carboxylic acid groups (broad SMARTS) is 1. The van der Waals surface area contributed by atoms with Gasteiger partial charge in [-0.3, -0.25) is 4.79 Å². The molecule has 0 aliphatic rings. The van der Waals surface area contributed by atoms with E-state index in [9.17, 15) is 9.59 Å². The number of hydrogen-bond donors (Lipinski definition) is 1. The van der Waals surface area contributed by atoms with Crippen molar-refractivity contribution in [2.24, 2.45) is 0 Å². The van der Waals surface area contributed by atoms with Gasteiger partial charge < -0.3 is 19.0 Å². The molecule has 130 valence electrons. The Kier molecular flexibility index (Phi) is 4.61. The van der Waals surface area contributed by atoms with Crippen LogP contribution in [0.2, 0.25) is 0 Å². The average molecular weight is 341 g/mol. The van der Waals surface area contributed by atoms with Crippen LogP contribution in [0.5, 0.6) is 5.75 Å². The molecule has 2 heterocycles. The number of nitrogens with zero attached hydrogens (tertiary/aromatic N) is 1. The predicted octanol–water partition coefficient (Wildman–Crippen LogP) is 3.51. The highest BCUT2D eigenvalue weighted by molar-refractivity contribution is 6.11. The van der Waals surface area contributed by atoms with Crippen molar-refractivity contribution >= 4 is 28.4 Å². The van der Waals surface area contributed by atoms with Gasteiger partial charge >= 0.3 is 11.9 Å². The Morgan fingerprint density at radius 3 is 2.64 bits per heavy atom. The lowest BCUT2D eigenvalue weighted by Gasteiger charge is -2.13. The predicted molar refractivity (Wildman–Crippen MR) is 93.2 cm³/mol. The highest BCUT2D eigenvalue weighted by Crippen LogP contribution is 2.29. The van der Waals surface area contributed by atoms with Crippen LogP contribution >= 0.6 is 0 Å². The molecule has 25 heavy (non-hydrogen) atoms. The molecule has 0 aliphatic heterocycles. The molecular weight excluding hydrogens is 322 g/mol. The van der Waals surface area contributed by atoms with Crippen LogP contribution in [0, 0.1) is 0 Å². The van der Waals surface area contributed by atoms with Gasteiger partial charge in [0.15, 0.2) is 0 Å². The number of ether oxygens (including phenoxy) is 2. The van der Waals surface area contributed by atoms with Gasteiger partial charge in [0.25, 0.3) is 0 Å².